The first-order valence-electron chi connectivity index (χ1n) is 20.1. The van der Waals surface area contributed by atoms with E-state index in [4.69, 9.17) is 0 Å². The third-order valence-electron chi connectivity index (χ3n) is 11.9. The van der Waals surface area contributed by atoms with Crippen molar-refractivity contribution >= 4 is 43.4 Å². The van der Waals surface area contributed by atoms with Crippen molar-refractivity contribution in [3.63, 3.8) is 0 Å². The zero-order valence-electron chi connectivity index (χ0n) is 32.0. The summed E-state index contributed by atoms with van der Waals surface area (Å²) in [4.78, 5) is 0. The van der Waals surface area contributed by atoms with Gasteiger partial charge in [-0.25, -0.2) is 0 Å². The molecule has 0 bridgehead atoms. The lowest BCUT2D eigenvalue weighted by Gasteiger charge is -2.21. The van der Waals surface area contributed by atoms with Gasteiger partial charge in [0.1, 0.15) is 0 Å². The zero-order chi connectivity index (χ0) is 38.4. The van der Waals surface area contributed by atoms with Crippen LogP contribution in [0.1, 0.15) is 22.6 Å². The van der Waals surface area contributed by atoms with Crippen molar-refractivity contribution in [1.29, 1.82) is 0 Å². The van der Waals surface area contributed by atoms with Gasteiger partial charge in [0.25, 0.3) is 0 Å². The maximum atomic E-state index is 2.51. The van der Waals surface area contributed by atoms with Gasteiger partial charge in [-0.3, -0.25) is 0 Å². The van der Waals surface area contributed by atoms with Crippen molar-refractivity contribution < 1.29 is 0 Å². The molecule has 1 aromatic heterocycles. The lowest BCUT2D eigenvalue weighted by atomic mass is 9.84. The number of nitrogens with zero attached hydrogens (tertiary/aromatic N) is 1. The summed E-state index contributed by atoms with van der Waals surface area (Å²) in [5, 5.41) is 7.57. The third-order valence-corrected chi connectivity index (χ3v) is 11.9. The van der Waals surface area contributed by atoms with Gasteiger partial charge in [-0.05, 0) is 90.3 Å². The molecule has 0 aliphatic rings. The fourth-order valence-corrected chi connectivity index (χ4v) is 9.17. The minimum Gasteiger partial charge on any atom is -0.309 e. The number of rotatable bonds is 7. The molecule has 0 aliphatic heterocycles. The van der Waals surface area contributed by atoms with Gasteiger partial charge < -0.3 is 4.57 Å². The van der Waals surface area contributed by atoms with E-state index >= 15 is 0 Å². The summed E-state index contributed by atoms with van der Waals surface area (Å²) in [6.07, 6.45) is 0. The quantitative estimate of drug-likeness (QED) is 0.144. The summed E-state index contributed by atoms with van der Waals surface area (Å²) >= 11 is 0. The van der Waals surface area contributed by atoms with Gasteiger partial charge in [0.05, 0.1) is 11.0 Å². The predicted octanol–water partition coefficient (Wildman–Crippen LogP) is 15.3. The van der Waals surface area contributed by atoms with Crippen molar-refractivity contribution in [3.8, 4) is 39.1 Å². The van der Waals surface area contributed by atoms with Crippen LogP contribution in [0.5, 0.6) is 0 Å². The molecule has 0 amide bonds. The van der Waals surface area contributed by atoms with E-state index in [0.29, 0.717) is 0 Å². The van der Waals surface area contributed by atoms with Crippen LogP contribution in [0.15, 0.2) is 231 Å². The van der Waals surface area contributed by atoms with E-state index < -0.39 is 0 Å². The van der Waals surface area contributed by atoms with E-state index in [1.54, 1.807) is 0 Å². The molecule has 10 aromatic carbocycles. The maximum Gasteiger partial charge on any atom is 0.0626 e. The Morgan fingerprint density at radius 2 is 0.759 bits per heavy atom. The summed E-state index contributed by atoms with van der Waals surface area (Å²) < 4.78 is 2.51. The van der Waals surface area contributed by atoms with Crippen LogP contribution in [0.25, 0.3) is 82.4 Å². The second-order valence-corrected chi connectivity index (χ2v) is 15.3. The van der Waals surface area contributed by atoms with Crippen LogP contribution >= 0.6 is 0 Å². The Kier molecular flexibility index (Phi) is 8.30. The standard InChI is InChI=1S/C57H39N/c1-4-14-39(15-5-1)41-24-28-45(29-25-41)54(46-30-26-42(27-31-46)40-16-6-2-7-17-40)47-32-35-49(36-33-47)58-53-37-34-43-18-10-12-22-50(43)56(53)52-38-48-21-11-13-23-51(48)55(57(52)58)44-19-8-3-9-20-44/h1-38,54H. The van der Waals surface area contributed by atoms with E-state index in [2.05, 4.69) is 235 Å². The van der Waals surface area contributed by atoms with Crippen LogP contribution in [0.2, 0.25) is 0 Å². The van der Waals surface area contributed by atoms with Crippen molar-refractivity contribution in [2.24, 2.45) is 0 Å². The number of fused-ring (bicyclic) bond motifs is 6. The average molecular weight is 738 g/mol. The largest absolute Gasteiger partial charge is 0.309 e. The van der Waals surface area contributed by atoms with Crippen LogP contribution in [0.4, 0.5) is 0 Å². The molecule has 0 unspecified atom stereocenters. The number of hydrogen-bond acceptors (Lipinski definition) is 0. The van der Waals surface area contributed by atoms with Gasteiger partial charge in [-0.15, -0.1) is 0 Å². The summed E-state index contributed by atoms with van der Waals surface area (Å²) in [5.74, 6) is 0.0506. The Balaban J connectivity index is 1.11. The highest BCUT2D eigenvalue weighted by molar-refractivity contribution is 6.27. The van der Waals surface area contributed by atoms with E-state index in [9.17, 15) is 0 Å². The van der Waals surface area contributed by atoms with Crippen LogP contribution in [0, 0.1) is 0 Å². The highest BCUT2D eigenvalue weighted by Gasteiger charge is 2.22. The molecule has 1 heterocycles. The molecule has 0 saturated heterocycles. The van der Waals surface area contributed by atoms with Crippen molar-refractivity contribution in [2.75, 3.05) is 0 Å². The van der Waals surface area contributed by atoms with E-state index in [0.717, 1.165) is 5.69 Å². The monoisotopic (exact) mass is 737 g/mol. The van der Waals surface area contributed by atoms with E-state index in [-0.39, 0.29) is 5.92 Å². The summed E-state index contributed by atoms with van der Waals surface area (Å²) in [6, 6.07) is 84.5. The SMILES string of the molecule is c1ccc(-c2ccc(C(c3ccc(-c4ccccc4)cc3)c3ccc(-n4c5ccc6ccccc6c5c5cc6ccccc6c(-c6ccccc6)c54)cc3)cc2)cc1. The minimum absolute atomic E-state index is 0.0506. The summed E-state index contributed by atoms with van der Waals surface area (Å²) in [7, 11) is 0. The molecular formula is C57H39N. The molecular weight excluding hydrogens is 699 g/mol. The highest BCUT2D eigenvalue weighted by Crippen LogP contribution is 2.45. The summed E-state index contributed by atoms with van der Waals surface area (Å²) in [6.45, 7) is 0. The van der Waals surface area contributed by atoms with Gasteiger partial charge in [-0.1, -0.05) is 206 Å². The van der Waals surface area contributed by atoms with Gasteiger partial charge in [0.15, 0.2) is 0 Å². The lowest BCUT2D eigenvalue weighted by Crippen LogP contribution is -2.04. The Labute approximate surface area is 338 Å². The zero-order valence-corrected chi connectivity index (χ0v) is 32.0. The first kappa shape index (κ1) is 33.8. The fraction of sp³-hybridized carbons (Fsp3) is 0.0175. The van der Waals surface area contributed by atoms with Gasteiger partial charge in [0, 0.05) is 27.9 Å². The molecule has 0 atom stereocenters. The average Bonchev–Trinajstić information content (AvgIpc) is 3.64. The Morgan fingerprint density at radius 3 is 1.33 bits per heavy atom. The molecule has 0 saturated carbocycles. The first-order valence-corrected chi connectivity index (χ1v) is 20.1. The molecule has 1 heteroatoms. The number of hydrogen-bond donors (Lipinski definition) is 0. The van der Waals surface area contributed by atoms with E-state index in [1.165, 1.54) is 93.4 Å². The Morgan fingerprint density at radius 1 is 0.310 bits per heavy atom. The third kappa shape index (κ3) is 5.79. The summed E-state index contributed by atoms with van der Waals surface area (Å²) in [5.41, 5.74) is 14.7. The fourth-order valence-electron chi connectivity index (χ4n) is 9.17. The molecule has 58 heavy (non-hydrogen) atoms. The highest BCUT2D eigenvalue weighted by atomic mass is 15.0. The molecule has 0 spiro atoms. The molecule has 11 aromatic rings. The molecule has 11 rings (SSSR count). The Bertz CT molecular complexity index is 3130. The van der Waals surface area contributed by atoms with Crippen LogP contribution in [-0.2, 0) is 0 Å². The van der Waals surface area contributed by atoms with Gasteiger partial charge in [-0.2, -0.15) is 0 Å². The van der Waals surface area contributed by atoms with Crippen LogP contribution in [0.3, 0.4) is 0 Å². The minimum atomic E-state index is 0.0506. The molecule has 0 fully saturated rings. The molecule has 0 N–H and O–H groups in total. The second-order valence-electron chi connectivity index (χ2n) is 15.3. The number of benzene rings is 10. The molecule has 1 nitrogen and oxygen atoms in total. The second kappa shape index (κ2) is 14.2. The number of aromatic nitrogens is 1. The van der Waals surface area contributed by atoms with Crippen LogP contribution < -0.4 is 0 Å². The van der Waals surface area contributed by atoms with Gasteiger partial charge in [0.2, 0.25) is 0 Å². The van der Waals surface area contributed by atoms with Gasteiger partial charge >= 0.3 is 0 Å². The molecule has 0 aliphatic carbocycles. The molecule has 272 valence electrons. The van der Waals surface area contributed by atoms with Crippen molar-refractivity contribution in [2.45, 2.75) is 5.92 Å². The lowest BCUT2D eigenvalue weighted by molar-refractivity contribution is 0.975. The Hall–Kier alpha value is -7.48. The normalized spacial score (nSPS) is 11.6. The topological polar surface area (TPSA) is 4.93 Å². The molecule has 0 radical (unpaired) electrons. The first-order chi connectivity index (χ1) is 28.8. The maximum absolute atomic E-state index is 2.51. The van der Waals surface area contributed by atoms with Crippen molar-refractivity contribution in [1.82, 2.24) is 4.57 Å². The predicted molar refractivity (Wildman–Crippen MR) is 246 cm³/mol. The smallest absolute Gasteiger partial charge is 0.0626 e. The van der Waals surface area contributed by atoms with Crippen LogP contribution in [-0.4, -0.2) is 4.57 Å². The van der Waals surface area contributed by atoms with E-state index in [1.807, 2.05) is 0 Å². The van der Waals surface area contributed by atoms with Crippen molar-refractivity contribution in [3.05, 3.63) is 247 Å².